The maximum Gasteiger partial charge on any atom is 0.272 e. The number of anilines is 1. The Kier molecular flexibility index (Phi) is 4.02. The summed E-state index contributed by atoms with van der Waals surface area (Å²) in [7, 11) is 0. The molecule has 1 unspecified atom stereocenters. The highest BCUT2D eigenvalue weighted by Crippen LogP contribution is 2.24. The number of nitro benzene ring substituents is 1. The van der Waals surface area contributed by atoms with Crippen LogP contribution >= 0.6 is 0 Å². The summed E-state index contributed by atoms with van der Waals surface area (Å²) in [6.45, 7) is 6.65. The Balaban J connectivity index is 2.13. The monoisotopic (exact) mass is 274 g/mol. The van der Waals surface area contributed by atoms with E-state index in [4.69, 9.17) is 0 Å². The van der Waals surface area contributed by atoms with Gasteiger partial charge in [-0.15, -0.1) is 0 Å². The molecule has 0 saturated heterocycles. The molecule has 0 fully saturated rings. The van der Waals surface area contributed by atoms with Crippen LogP contribution in [-0.2, 0) is 6.54 Å². The summed E-state index contributed by atoms with van der Waals surface area (Å²) < 4.78 is 1.87. The summed E-state index contributed by atoms with van der Waals surface area (Å²) in [5.74, 6) is 0. The van der Waals surface area contributed by atoms with E-state index in [-0.39, 0.29) is 16.7 Å². The third-order valence-electron chi connectivity index (χ3n) is 3.25. The Hall–Kier alpha value is -2.37. The summed E-state index contributed by atoms with van der Waals surface area (Å²) >= 11 is 0. The van der Waals surface area contributed by atoms with E-state index >= 15 is 0 Å². The number of aryl methyl sites for hydroxylation is 2. The second-order valence-corrected chi connectivity index (χ2v) is 4.75. The molecule has 0 amide bonds. The molecule has 0 aliphatic rings. The first-order valence-corrected chi connectivity index (χ1v) is 6.55. The summed E-state index contributed by atoms with van der Waals surface area (Å²) in [6.07, 6.45) is 3.83. The first-order chi connectivity index (χ1) is 9.51. The molecule has 2 aromatic rings. The van der Waals surface area contributed by atoms with Crippen LogP contribution < -0.4 is 5.32 Å². The van der Waals surface area contributed by atoms with Crippen LogP contribution in [0.4, 0.5) is 11.4 Å². The number of rotatable bonds is 5. The van der Waals surface area contributed by atoms with Crippen molar-refractivity contribution in [3.63, 3.8) is 0 Å². The highest BCUT2D eigenvalue weighted by Gasteiger charge is 2.12. The van der Waals surface area contributed by atoms with E-state index in [2.05, 4.69) is 10.4 Å². The van der Waals surface area contributed by atoms with Gasteiger partial charge in [0.1, 0.15) is 0 Å². The molecular weight excluding hydrogens is 256 g/mol. The zero-order chi connectivity index (χ0) is 14.7. The van der Waals surface area contributed by atoms with Crippen molar-refractivity contribution >= 4 is 11.4 Å². The minimum Gasteiger partial charge on any atom is -0.378 e. The predicted molar refractivity (Wildman–Crippen MR) is 77.8 cm³/mol. The van der Waals surface area contributed by atoms with Crippen LogP contribution in [0.5, 0.6) is 0 Å². The van der Waals surface area contributed by atoms with Crippen molar-refractivity contribution in [1.82, 2.24) is 9.78 Å². The number of nitrogens with one attached hydrogen (secondary N) is 1. The molecule has 106 valence electrons. The molecule has 0 bridgehead atoms. The van der Waals surface area contributed by atoms with Crippen LogP contribution in [0.2, 0.25) is 0 Å². The lowest BCUT2D eigenvalue weighted by Gasteiger charge is -2.14. The largest absolute Gasteiger partial charge is 0.378 e. The fraction of sp³-hybridized carbons (Fsp3) is 0.357. The van der Waals surface area contributed by atoms with Crippen molar-refractivity contribution in [2.24, 2.45) is 0 Å². The van der Waals surface area contributed by atoms with Gasteiger partial charge in [0.15, 0.2) is 0 Å². The van der Waals surface area contributed by atoms with E-state index in [0.717, 1.165) is 17.8 Å². The van der Waals surface area contributed by atoms with Gasteiger partial charge >= 0.3 is 0 Å². The van der Waals surface area contributed by atoms with Gasteiger partial charge in [-0.3, -0.25) is 14.8 Å². The van der Waals surface area contributed by atoms with E-state index in [0.29, 0.717) is 5.56 Å². The van der Waals surface area contributed by atoms with Crippen molar-refractivity contribution in [2.45, 2.75) is 33.4 Å². The SMILES string of the molecule is CCn1cc(C(C)Nc2ccc([N+](=O)[O-])c(C)c2)cn1. The maximum absolute atomic E-state index is 10.8. The zero-order valence-corrected chi connectivity index (χ0v) is 11.8. The lowest BCUT2D eigenvalue weighted by Crippen LogP contribution is -2.06. The van der Waals surface area contributed by atoms with Crippen LogP contribution in [0.25, 0.3) is 0 Å². The molecular formula is C14H18N4O2. The Morgan fingerprint density at radius 1 is 1.50 bits per heavy atom. The van der Waals surface area contributed by atoms with Crippen molar-refractivity contribution in [3.8, 4) is 0 Å². The van der Waals surface area contributed by atoms with Gasteiger partial charge in [-0.1, -0.05) is 0 Å². The molecule has 0 saturated carbocycles. The van der Waals surface area contributed by atoms with Crippen molar-refractivity contribution in [3.05, 3.63) is 51.8 Å². The molecule has 0 spiro atoms. The van der Waals surface area contributed by atoms with Crippen LogP contribution in [0.15, 0.2) is 30.6 Å². The standard InChI is InChI=1S/C14H18N4O2/c1-4-17-9-12(8-15-17)11(3)16-13-5-6-14(18(19)20)10(2)7-13/h5-9,11,16H,4H2,1-3H3. The third kappa shape index (κ3) is 2.96. The minimum atomic E-state index is -0.367. The zero-order valence-electron chi connectivity index (χ0n) is 11.8. The molecule has 0 radical (unpaired) electrons. The highest BCUT2D eigenvalue weighted by atomic mass is 16.6. The van der Waals surface area contributed by atoms with E-state index in [1.54, 1.807) is 19.1 Å². The van der Waals surface area contributed by atoms with Gasteiger partial charge < -0.3 is 5.32 Å². The van der Waals surface area contributed by atoms with Crippen LogP contribution in [-0.4, -0.2) is 14.7 Å². The molecule has 1 aromatic carbocycles. The Labute approximate surface area is 117 Å². The number of hydrogen-bond acceptors (Lipinski definition) is 4. The molecule has 1 heterocycles. The van der Waals surface area contributed by atoms with Gasteiger partial charge in [-0.2, -0.15) is 5.10 Å². The first-order valence-electron chi connectivity index (χ1n) is 6.55. The molecule has 1 aromatic heterocycles. The summed E-state index contributed by atoms with van der Waals surface area (Å²) in [5, 5.41) is 18.4. The van der Waals surface area contributed by atoms with Crippen LogP contribution in [0.3, 0.4) is 0 Å². The quantitative estimate of drug-likeness (QED) is 0.670. The average molecular weight is 274 g/mol. The summed E-state index contributed by atoms with van der Waals surface area (Å²) in [5.41, 5.74) is 2.74. The molecule has 0 aliphatic heterocycles. The second-order valence-electron chi connectivity index (χ2n) is 4.75. The Morgan fingerprint density at radius 3 is 2.80 bits per heavy atom. The molecule has 1 N–H and O–H groups in total. The average Bonchev–Trinajstić information content (AvgIpc) is 2.87. The van der Waals surface area contributed by atoms with Crippen molar-refractivity contribution in [1.29, 1.82) is 0 Å². The molecule has 2 rings (SSSR count). The highest BCUT2D eigenvalue weighted by molar-refractivity contribution is 5.54. The van der Waals surface area contributed by atoms with Gasteiger partial charge in [-0.05, 0) is 32.9 Å². The molecule has 1 atom stereocenters. The summed E-state index contributed by atoms with van der Waals surface area (Å²) in [4.78, 5) is 10.4. The number of nitro groups is 1. The smallest absolute Gasteiger partial charge is 0.272 e. The van der Waals surface area contributed by atoms with E-state index in [1.165, 1.54) is 6.07 Å². The van der Waals surface area contributed by atoms with E-state index in [1.807, 2.05) is 30.9 Å². The van der Waals surface area contributed by atoms with Gasteiger partial charge in [0.2, 0.25) is 0 Å². The first kappa shape index (κ1) is 14.0. The predicted octanol–water partition coefficient (Wildman–Crippen LogP) is 3.29. The third-order valence-corrected chi connectivity index (χ3v) is 3.25. The summed E-state index contributed by atoms with van der Waals surface area (Å²) in [6, 6.07) is 5.14. The minimum absolute atomic E-state index is 0.0937. The van der Waals surface area contributed by atoms with Crippen molar-refractivity contribution in [2.75, 3.05) is 5.32 Å². The van der Waals surface area contributed by atoms with Gasteiger partial charge in [0.25, 0.3) is 5.69 Å². The fourth-order valence-corrected chi connectivity index (χ4v) is 2.06. The number of benzene rings is 1. The lowest BCUT2D eigenvalue weighted by atomic mass is 10.1. The van der Waals surface area contributed by atoms with Crippen LogP contribution in [0.1, 0.15) is 31.0 Å². The maximum atomic E-state index is 10.8. The fourth-order valence-electron chi connectivity index (χ4n) is 2.06. The van der Waals surface area contributed by atoms with Gasteiger partial charge in [-0.25, -0.2) is 0 Å². The molecule has 6 heteroatoms. The van der Waals surface area contributed by atoms with Crippen molar-refractivity contribution < 1.29 is 4.92 Å². The van der Waals surface area contributed by atoms with Gasteiger partial charge in [0.05, 0.1) is 17.2 Å². The molecule has 0 aliphatic carbocycles. The number of aromatic nitrogens is 2. The van der Waals surface area contributed by atoms with Crippen LogP contribution in [0, 0.1) is 17.0 Å². The lowest BCUT2D eigenvalue weighted by molar-refractivity contribution is -0.385. The van der Waals surface area contributed by atoms with E-state index in [9.17, 15) is 10.1 Å². The second kappa shape index (κ2) is 5.73. The number of nitrogens with zero attached hydrogens (tertiary/aromatic N) is 3. The van der Waals surface area contributed by atoms with E-state index < -0.39 is 0 Å². The van der Waals surface area contributed by atoms with Gasteiger partial charge in [0, 0.05) is 35.6 Å². The number of hydrogen-bond donors (Lipinski definition) is 1. The Bertz CT molecular complexity index is 621. The Morgan fingerprint density at radius 2 is 2.25 bits per heavy atom. The normalized spacial score (nSPS) is 12.2. The molecule has 20 heavy (non-hydrogen) atoms. The topological polar surface area (TPSA) is 73.0 Å². The molecule has 6 nitrogen and oxygen atoms in total.